The lowest BCUT2D eigenvalue weighted by atomic mass is 10.0. The Morgan fingerprint density at radius 1 is 1.12 bits per heavy atom. The molecular formula is C19H20N4O2S. The fraction of sp³-hybridized carbons (Fsp3) is 0.263. The monoisotopic (exact) mass is 368 g/mol. The number of carbonyl (C=O) groups is 1. The second kappa shape index (κ2) is 8.14. The van der Waals surface area contributed by atoms with E-state index in [0.717, 1.165) is 11.4 Å². The lowest BCUT2D eigenvalue weighted by molar-refractivity contribution is 0.102. The lowest BCUT2D eigenvalue weighted by Gasteiger charge is -2.07. The van der Waals surface area contributed by atoms with E-state index >= 15 is 0 Å². The van der Waals surface area contributed by atoms with E-state index in [1.807, 2.05) is 48.5 Å². The van der Waals surface area contributed by atoms with Crippen molar-refractivity contribution in [3.63, 3.8) is 0 Å². The zero-order valence-electron chi connectivity index (χ0n) is 14.9. The molecule has 0 fully saturated rings. The molecule has 0 saturated carbocycles. The summed E-state index contributed by atoms with van der Waals surface area (Å²) in [5, 5.41) is 12.3. The number of ether oxygens (including phenoxy) is 1. The normalized spacial score (nSPS) is 10.9. The Bertz CT molecular complexity index is 873. The van der Waals surface area contributed by atoms with Gasteiger partial charge in [-0.2, -0.15) is 4.68 Å². The molecule has 0 N–H and O–H groups in total. The van der Waals surface area contributed by atoms with Crippen molar-refractivity contribution in [2.24, 2.45) is 0 Å². The highest BCUT2D eigenvalue weighted by molar-refractivity contribution is 7.99. The molecule has 3 aromatic rings. The molecule has 0 aliphatic carbocycles. The lowest BCUT2D eigenvalue weighted by Crippen LogP contribution is -2.05. The van der Waals surface area contributed by atoms with Crippen LogP contribution in [0.25, 0.3) is 5.69 Å². The minimum absolute atomic E-state index is 0.0505. The zero-order valence-corrected chi connectivity index (χ0v) is 15.7. The van der Waals surface area contributed by atoms with Gasteiger partial charge in [-0.05, 0) is 46.2 Å². The van der Waals surface area contributed by atoms with Gasteiger partial charge in [-0.3, -0.25) is 4.79 Å². The first-order valence-electron chi connectivity index (χ1n) is 8.27. The van der Waals surface area contributed by atoms with Gasteiger partial charge in [-0.15, -0.1) is 5.10 Å². The molecule has 0 atom stereocenters. The van der Waals surface area contributed by atoms with Crippen LogP contribution >= 0.6 is 11.8 Å². The number of hydrogen-bond donors (Lipinski definition) is 0. The molecule has 0 unspecified atom stereocenters. The number of carbonyl (C=O) groups excluding carboxylic acids is 1. The molecule has 6 nitrogen and oxygen atoms in total. The molecule has 7 heteroatoms. The largest absolute Gasteiger partial charge is 0.497 e. The average Bonchev–Trinajstić information content (AvgIpc) is 3.14. The Morgan fingerprint density at radius 3 is 2.42 bits per heavy atom. The van der Waals surface area contributed by atoms with Gasteiger partial charge in [0.05, 0.1) is 18.6 Å². The minimum Gasteiger partial charge on any atom is -0.497 e. The number of methoxy groups -OCH3 is 1. The van der Waals surface area contributed by atoms with Gasteiger partial charge in [-0.1, -0.05) is 49.9 Å². The quantitative estimate of drug-likeness (QED) is 0.467. The Balaban J connectivity index is 1.68. The van der Waals surface area contributed by atoms with Crippen LogP contribution in [0.2, 0.25) is 0 Å². The highest BCUT2D eigenvalue weighted by atomic mass is 32.2. The number of ketones is 1. The first kappa shape index (κ1) is 18.1. The number of Topliss-reactive ketones (excluding diaryl/α,β-unsaturated/α-hetero) is 1. The van der Waals surface area contributed by atoms with Crippen molar-refractivity contribution in [2.75, 3.05) is 12.9 Å². The summed E-state index contributed by atoms with van der Waals surface area (Å²) in [6, 6.07) is 15.2. The zero-order chi connectivity index (χ0) is 18.5. The molecule has 0 aliphatic heterocycles. The summed E-state index contributed by atoms with van der Waals surface area (Å²) in [7, 11) is 1.62. The first-order chi connectivity index (χ1) is 12.6. The van der Waals surface area contributed by atoms with Crippen molar-refractivity contribution in [3.05, 3.63) is 59.7 Å². The van der Waals surface area contributed by atoms with E-state index in [9.17, 15) is 4.79 Å². The molecule has 0 saturated heterocycles. The van der Waals surface area contributed by atoms with Crippen LogP contribution in [0.15, 0.2) is 53.7 Å². The van der Waals surface area contributed by atoms with Gasteiger partial charge in [0.15, 0.2) is 5.78 Å². The van der Waals surface area contributed by atoms with E-state index in [1.54, 1.807) is 11.8 Å². The van der Waals surface area contributed by atoms with Gasteiger partial charge < -0.3 is 4.74 Å². The van der Waals surface area contributed by atoms with Crippen LogP contribution in [0.4, 0.5) is 0 Å². The summed E-state index contributed by atoms with van der Waals surface area (Å²) in [5.74, 6) is 1.53. The second-order valence-electron chi connectivity index (χ2n) is 6.06. The van der Waals surface area contributed by atoms with Crippen LogP contribution in [0.1, 0.15) is 35.7 Å². The maximum atomic E-state index is 12.4. The third-order valence-electron chi connectivity index (χ3n) is 3.99. The SMILES string of the molecule is COc1ccc(-n2nnnc2SCC(=O)c2ccc(C(C)C)cc2)cc1. The summed E-state index contributed by atoms with van der Waals surface area (Å²) in [6.45, 7) is 4.26. The first-order valence-corrected chi connectivity index (χ1v) is 9.26. The van der Waals surface area contributed by atoms with Gasteiger partial charge in [0.2, 0.25) is 5.16 Å². The number of rotatable bonds is 7. The molecule has 0 spiro atoms. The number of hydrogen-bond acceptors (Lipinski definition) is 6. The highest BCUT2D eigenvalue weighted by Gasteiger charge is 2.13. The van der Waals surface area contributed by atoms with Crippen molar-refractivity contribution in [1.29, 1.82) is 0 Å². The Morgan fingerprint density at radius 2 is 1.81 bits per heavy atom. The van der Waals surface area contributed by atoms with E-state index in [0.29, 0.717) is 16.6 Å². The molecule has 134 valence electrons. The average molecular weight is 368 g/mol. The molecule has 1 heterocycles. The summed E-state index contributed by atoms with van der Waals surface area (Å²) >= 11 is 1.32. The number of aromatic nitrogens is 4. The van der Waals surface area contributed by atoms with Crippen LogP contribution in [0.5, 0.6) is 5.75 Å². The summed E-state index contributed by atoms with van der Waals surface area (Å²) in [6.07, 6.45) is 0. The van der Waals surface area contributed by atoms with Gasteiger partial charge in [0, 0.05) is 5.56 Å². The second-order valence-corrected chi connectivity index (χ2v) is 7.00. The molecule has 2 aromatic carbocycles. The van der Waals surface area contributed by atoms with Gasteiger partial charge in [0.25, 0.3) is 0 Å². The maximum Gasteiger partial charge on any atom is 0.214 e. The highest BCUT2D eigenvalue weighted by Crippen LogP contribution is 2.22. The molecule has 0 bridgehead atoms. The van der Waals surface area contributed by atoms with E-state index < -0.39 is 0 Å². The van der Waals surface area contributed by atoms with E-state index in [-0.39, 0.29) is 11.5 Å². The fourth-order valence-electron chi connectivity index (χ4n) is 2.42. The number of tetrazole rings is 1. The number of thioether (sulfide) groups is 1. The smallest absolute Gasteiger partial charge is 0.214 e. The molecule has 3 rings (SSSR count). The van der Waals surface area contributed by atoms with Crippen LogP contribution < -0.4 is 4.74 Å². The Labute approximate surface area is 156 Å². The number of nitrogens with zero attached hydrogens (tertiary/aromatic N) is 4. The third kappa shape index (κ3) is 4.11. The fourth-order valence-corrected chi connectivity index (χ4v) is 3.21. The minimum atomic E-state index is 0.0505. The van der Waals surface area contributed by atoms with Crippen LogP contribution in [0, 0.1) is 0 Å². The molecule has 0 radical (unpaired) electrons. The molecule has 0 amide bonds. The molecule has 1 aromatic heterocycles. The molecule has 26 heavy (non-hydrogen) atoms. The van der Waals surface area contributed by atoms with Crippen LogP contribution in [-0.4, -0.2) is 38.9 Å². The summed E-state index contributed by atoms with van der Waals surface area (Å²) < 4.78 is 6.77. The standard InChI is InChI=1S/C19H20N4O2S/c1-13(2)14-4-6-15(7-5-14)18(24)12-26-19-20-21-22-23(19)16-8-10-17(25-3)11-9-16/h4-11,13H,12H2,1-3H3. The van der Waals surface area contributed by atoms with Gasteiger partial charge in [0.1, 0.15) is 5.75 Å². The van der Waals surface area contributed by atoms with E-state index in [2.05, 4.69) is 29.4 Å². The van der Waals surface area contributed by atoms with Crippen molar-refractivity contribution in [3.8, 4) is 11.4 Å². The van der Waals surface area contributed by atoms with Crippen molar-refractivity contribution >= 4 is 17.5 Å². The predicted octanol–water partition coefficient (Wildman–Crippen LogP) is 3.77. The molecular weight excluding hydrogens is 348 g/mol. The van der Waals surface area contributed by atoms with E-state index in [4.69, 9.17) is 4.74 Å². The summed E-state index contributed by atoms with van der Waals surface area (Å²) in [4.78, 5) is 12.4. The van der Waals surface area contributed by atoms with Crippen molar-refractivity contribution < 1.29 is 9.53 Å². The Kier molecular flexibility index (Phi) is 5.68. The van der Waals surface area contributed by atoms with E-state index in [1.165, 1.54) is 17.3 Å². The van der Waals surface area contributed by atoms with Gasteiger partial charge in [-0.25, -0.2) is 0 Å². The molecule has 0 aliphatic rings. The maximum absolute atomic E-state index is 12.4. The summed E-state index contributed by atoms with van der Waals surface area (Å²) in [5.41, 5.74) is 2.73. The number of benzene rings is 2. The van der Waals surface area contributed by atoms with Crippen LogP contribution in [-0.2, 0) is 0 Å². The van der Waals surface area contributed by atoms with Crippen LogP contribution in [0.3, 0.4) is 0 Å². The van der Waals surface area contributed by atoms with Crippen molar-refractivity contribution in [2.45, 2.75) is 24.9 Å². The third-order valence-corrected chi connectivity index (χ3v) is 4.91. The topological polar surface area (TPSA) is 69.9 Å². The van der Waals surface area contributed by atoms with Gasteiger partial charge >= 0.3 is 0 Å². The predicted molar refractivity (Wildman–Crippen MR) is 101 cm³/mol. The van der Waals surface area contributed by atoms with Crippen molar-refractivity contribution in [1.82, 2.24) is 20.2 Å². The Hall–Kier alpha value is -2.67.